The van der Waals surface area contributed by atoms with E-state index in [-0.39, 0.29) is 36.3 Å². The van der Waals surface area contributed by atoms with Crippen LogP contribution in [-0.4, -0.2) is 70.3 Å². The first-order valence-corrected chi connectivity index (χ1v) is 14.0. The lowest BCUT2D eigenvalue weighted by molar-refractivity contribution is -0.129. The van der Waals surface area contributed by atoms with Gasteiger partial charge in [-0.05, 0) is 49.1 Å². The van der Waals surface area contributed by atoms with Crippen molar-refractivity contribution in [3.8, 4) is 17.0 Å². The van der Waals surface area contributed by atoms with E-state index in [0.717, 1.165) is 24.0 Å². The second-order valence-electron chi connectivity index (χ2n) is 10.4. The predicted octanol–water partition coefficient (Wildman–Crippen LogP) is 4.06. The smallest absolute Gasteiger partial charge is 0.254 e. The van der Waals surface area contributed by atoms with Crippen LogP contribution in [0.3, 0.4) is 0 Å². The van der Waals surface area contributed by atoms with Crippen molar-refractivity contribution in [2.45, 2.75) is 45.3 Å². The van der Waals surface area contributed by atoms with Crippen LogP contribution in [0.4, 0.5) is 5.95 Å². The highest BCUT2D eigenvalue weighted by Crippen LogP contribution is 2.32. The molecule has 11 heteroatoms. The summed E-state index contributed by atoms with van der Waals surface area (Å²) < 4.78 is 5.27. The molecule has 1 atom stereocenters. The van der Waals surface area contributed by atoms with Crippen LogP contribution in [0.15, 0.2) is 48.7 Å². The van der Waals surface area contributed by atoms with Crippen molar-refractivity contribution < 1.29 is 19.1 Å². The number of nitrogens with one attached hydrogen (secondary N) is 2. The number of methoxy groups -OCH3 is 1. The zero-order valence-corrected chi connectivity index (χ0v) is 24.1. The summed E-state index contributed by atoms with van der Waals surface area (Å²) in [5, 5.41) is 6.69. The fourth-order valence-corrected chi connectivity index (χ4v) is 5.45. The third-order valence-corrected chi connectivity index (χ3v) is 7.86. The molecule has 1 aromatic heterocycles. The molecule has 1 saturated heterocycles. The van der Waals surface area contributed by atoms with Gasteiger partial charge in [0.25, 0.3) is 5.91 Å². The number of nitrogens with zero attached hydrogens (tertiary/aromatic N) is 4. The average molecular weight is 577 g/mol. The summed E-state index contributed by atoms with van der Waals surface area (Å²) in [6.07, 6.45) is 3.15. The molecule has 2 aliphatic rings. The van der Waals surface area contributed by atoms with Crippen molar-refractivity contribution in [3.05, 3.63) is 70.4 Å². The predicted molar refractivity (Wildman–Crippen MR) is 156 cm³/mol. The number of carbonyl (C=O) groups is 3. The topological polar surface area (TPSA) is 117 Å². The molecule has 214 valence electrons. The Kier molecular flexibility index (Phi) is 8.39. The number of anilines is 1. The van der Waals surface area contributed by atoms with Crippen LogP contribution in [0.2, 0.25) is 5.02 Å². The molecule has 1 fully saturated rings. The van der Waals surface area contributed by atoms with Crippen molar-refractivity contribution in [2.75, 3.05) is 32.1 Å². The van der Waals surface area contributed by atoms with E-state index in [4.69, 9.17) is 16.3 Å². The molecule has 0 spiro atoms. The number of piperidine rings is 1. The third kappa shape index (κ3) is 6.43. The molecule has 3 aromatic rings. The van der Waals surface area contributed by atoms with E-state index in [9.17, 15) is 14.4 Å². The zero-order chi connectivity index (χ0) is 29.1. The average Bonchev–Trinajstić information content (AvgIpc) is 3.28. The molecule has 0 radical (unpaired) electrons. The highest BCUT2D eigenvalue weighted by molar-refractivity contribution is 6.33. The number of halogens is 1. The number of aromatic nitrogens is 2. The zero-order valence-electron chi connectivity index (χ0n) is 23.3. The van der Waals surface area contributed by atoms with E-state index in [1.165, 1.54) is 4.90 Å². The number of hydrogen-bond donors (Lipinski definition) is 2. The van der Waals surface area contributed by atoms with Gasteiger partial charge in [-0.3, -0.25) is 14.4 Å². The summed E-state index contributed by atoms with van der Waals surface area (Å²) in [7, 11) is 1.60. The fraction of sp³-hybridized carbons (Fsp3) is 0.367. The molecule has 3 heterocycles. The van der Waals surface area contributed by atoms with Gasteiger partial charge in [0.05, 0.1) is 30.1 Å². The second kappa shape index (κ2) is 12.1. The second-order valence-corrected chi connectivity index (χ2v) is 10.8. The van der Waals surface area contributed by atoms with Crippen molar-refractivity contribution in [3.63, 3.8) is 0 Å². The first kappa shape index (κ1) is 28.4. The minimum atomic E-state index is -0.245. The molecular formula is C30H33ClN6O4. The van der Waals surface area contributed by atoms with E-state index in [1.54, 1.807) is 26.3 Å². The molecule has 2 aliphatic heterocycles. The Balaban J connectivity index is 1.24. The van der Waals surface area contributed by atoms with E-state index in [0.29, 0.717) is 53.2 Å². The molecule has 3 amide bonds. The summed E-state index contributed by atoms with van der Waals surface area (Å²) >= 11 is 6.48. The number of ether oxygens (including phenoxy) is 1. The first-order chi connectivity index (χ1) is 19.7. The summed E-state index contributed by atoms with van der Waals surface area (Å²) in [4.78, 5) is 50.1. The molecule has 0 aliphatic carbocycles. The number of likely N-dealkylation sites (tertiary alicyclic amines) is 1. The Morgan fingerprint density at radius 2 is 1.95 bits per heavy atom. The number of amides is 3. The lowest BCUT2D eigenvalue weighted by atomic mass is 10.0. The van der Waals surface area contributed by atoms with Crippen molar-refractivity contribution in [1.29, 1.82) is 0 Å². The molecule has 1 unspecified atom stereocenters. The summed E-state index contributed by atoms with van der Waals surface area (Å²) in [6, 6.07) is 12.9. The largest absolute Gasteiger partial charge is 0.497 e. The van der Waals surface area contributed by atoms with Crippen LogP contribution < -0.4 is 15.4 Å². The highest BCUT2D eigenvalue weighted by atomic mass is 35.5. The monoisotopic (exact) mass is 576 g/mol. The van der Waals surface area contributed by atoms with E-state index >= 15 is 0 Å². The van der Waals surface area contributed by atoms with Crippen LogP contribution in [0.25, 0.3) is 11.3 Å². The molecule has 0 bridgehead atoms. The van der Waals surface area contributed by atoms with Crippen molar-refractivity contribution >= 4 is 35.3 Å². The van der Waals surface area contributed by atoms with Gasteiger partial charge in [-0.15, -0.1) is 0 Å². The van der Waals surface area contributed by atoms with Gasteiger partial charge in [-0.25, -0.2) is 9.97 Å². The Morgan fingerprint density at radius 3 is 2.68 bits per heavy atom. The maximum Gasteiger partial charge on any atom is 0.254 e. The normalized spacial score (nSPS) is 15.9. The maximum absolute atomic E-state index is 13.3. The number of rotatable bonds is 8. The molecule has 10 nitrogen and oxygen atoms in total. The Hall–Kier alpha value is -4.18. The number of fused-ring (bicyclic) bond motifs is 1. The fourth-order valence-electron chi connectivity index (χ4n) is 5.25. The molecule has 41 heavy (non-hydrogen) atoms. The van der Waals surface area contributed by atoms with Gasteiger partial charge < -0.3 is 25.2 Å². The van der Waals surface area contributed by atoms with Gasteiger partial charge >= 0.3 is 0 Å². The van der Waals surface area contributed by atoms with Crippen LogP contribution in [0.5, 0.6) is 5.75 Å². The van der Waals surface area contributed by atoms with Crippen LogP contribution in [-0.2, 0) is 16.1 Å². The number of carbonyl (C=O) groups excluding carboxylic acids is 3. The van der Waals surface area contributed by atoms with Gasteiger partial charge in [0.2, 0.25) is 17.8 Å². The minimum Gasteiger partial charge on any atom is -0.497 e. The van der Waals surface area contributed by atoms with Crippen LogP contribution in [0.1, 0.15) is 54.2 Å². The van der Waals surface area contributed by atoms with Gasteiger partial charge in [-0.1, -0.05) is 35.9 Å². The highest BCUT2D eigenvalue weighted by Gasteiger charge is 2.30. The lowest BCUT2D eigenvalue weighted by Gasteiger charge is -2.31. The molecule has 2 N–H and O–H groups in total. The van der Waals surface area contributed by atoms with Gasteiger partial charge in [0.1, 0.15) is 12.3 Å². The van der Waals surface area contributed by atoms with E-state index < -0.39 is 0 Å². The Bertz CT molecular complexity index is 1470. The summed E-state index contributed by atoms with van der Waals surface area (Å²) in [5.41, 5.74) is 3.49. The third-order valence-electron chi connectivity index (χ3n) is 7.59. The van der Waals surface area contributed by atoms with Gasteiger partial charge in [0, 0.05) is 43.7 Å². The van der Waals surface area contributed by atoms with Crippen molar-refractivity contribution in [1.82, 2.24) is 25.1 Å². The van der Waals surface area contributed by atoms with Crippen LogP contribution in [0, 0.1) is 0 Å². The summed E-state index contributed by atoms with van der Waals surface area (Å²) in [5.74, 6) is 0.783. The Morgan fingerprint density at radius 1 is 1.17 bits per heavy atom. The Labute approximate surface area is 244 Å². The SMILES string of the molecule is COc1cccc(C(C)NC(=O)CN2Cc3ccc(-c4nc(NC5CCN(C(C)=O)CC5)ncc4Cl)cc3C2=O)c1. The molecular weight excluding hydrogens is 544 g/mol. The minimum absolute atomic E-state index is 0.0536. The van der Waals surface area contributed by atoms with Gasteiger partial charge in [0.15, 0.2) is 0 Å². The first-order valence-electron chi connectivity index (χ1n) is 13.6. The van der Waals surface area contributed by atoms with Crippen molar-refractivity contribution in [2.24, 2.45) is 0 Å². The molecule has 0 saturated carbocycles. The molecule has 5 rings (SSSR count). The van der Waals surface area contributed by atoms with E-state index in [1.807, 2.05) is 48.2 Å². The maximum atomic E-state index is 13.3. The lowest BCUT2D eigenvalue weighted by Crippen LogP contribution is -2.41. The van der Waals surface area contributed by atoms with Gasteiger partial charge in [-0.2, -0.15) is 0 Å². The standard InChI is InChI=1S/C30H33ClN6O4/c1-18(20-5-4-6-24(13-20)41-3)33-27(39)17-37-16-22-8-7-21(14-25(22)29(37)40)28-26(31)15-32-30(35-28)34-23-9-11-36(12-10-23)19(2)38/h4-8,13-15,18,23H,9-12,16-17H2,1-3H3,(H,33,39)(H,32,34,35). The number of benzene rings is 2. The number of hydrogen-bond acceptors (Lipinski definition) is 7. The van der Waals surface area contributed by atoms with Crippen LogP contribution >= 0.6 is 11.6 Å². The van der Waals surface area contributed by atoms with E-state index in [2.05, 4.69) is 20.6 Å². The molecule has 2 aromatic carbocycles. The summed E-state index contributed by atoms with van der Waals surface area (Å²) in [6.45, 7) is 5.15. The quantitative estimate of drug-likeness (QED) is 0.415.